The van der Waals surface area contributed by atoms with E-state index in [0.717, 1.165) is 16.7 Å². The van der Waals surface area contributed by atoms with Crippen molar-refractivity contribution in [2.45, 2.75) is 46.1 Å². The Labute approximate surface area is 126 Å². The molecule has 0 N–H and O–H groups in total. The molecule has 0 aliphatic carbocycles. The number of hydrogen-bond acceptors (Lipinski definition) is 3. The van der Waals surface area contributed by atoms with Gasteiger partial charge in [0.25, 0.3) is 0 Å². The summed E-state index contributed by atoms with van der Waals surface area (Å²) in [4.78, 5) is 26.1. The van der Waals surface area contributed by atoms with E-state index in [-0.39, 0.29) is 11.9 Å². The van der Waals surface area contributed by atoms with Gasteiger partial charge in [0.05, 0.1) is 13.0 Å². The van der Waals surface area contributed by atoms with Crippen LogP contribution >= 0.6 is 0 Å². The number of amides is 1. The fraction of sp³-hybridized carbons (Fsp3) is 0.529. The molecule has 0 bridgehead atoms. The van der Waals surface area contributed by atoms with E-state index in [1.54, 1.807) is 18.7 Å². The van der Waals surface area contributed by atoms with Gasteiger partial charge in [-0.3, -0.25) is 4.79 Å². The predicted molar refractivity (Wildman–Crippen MR) is 81.0 cm³/mol. The van der Waals surface area contributed by atoms with Gasteiger partial charge < -0.3 is 9.64 Å². The molecule has 21 heavy (non-hydrogen) atoms. The second kappa shape index (κ2) is 5.88. The lowest BCUT2D eigenvalue weighted by Crippen LogP contribution is -2.65. The summed E-state index contributed by atoms with van der Waals surface area (Å²) in [5.74, 6) is -0.313. The van der Waals surface area contributed by atoms with Crippen molar-refractivity contribution in [1.82, 2.24) is 4.90 Å². The normalized spacial score (nSPS) is 20.9. The van der Waals surface area contributed by atoms with Gasteiger partial charge >= 0.3 is 5.97 Å². The summed E-state index contributed by atoms with van der Waals surface area (Å²) in [7, 11) is 0. The molecule has 0 aromatic heterocycles. The zero-order valence-corrected chi connectivity index (χ0v) is 13.2. The molecule has 1 saturated heterocycles. The summed E-state index contributed by atoms with van der Waals surface area (Å²) in [6.45, 7) is 8.57. The van der Waals surface area contributed by atoms with Crippen molar-refractivity contribution in [3.8, 4) is 0 Å². The van der Waals surface area contributed by atoms with Gasteiger partial charge in [-0.1, -0.05) is 29.3 Å². The average Bonchev–Trinajstić information content (AvgIpc) is 2.35. The average molecular weight is 289 g/mol. The summed E-state index contributed by atoms with van der Waals surface area (Å²) in [5.41, 5.74) is 2.51. The molecule has 1 aromatic rings. The topological polar surface area (TPSA) is 46.6 Å². The van der Waals surface area contributed by atoms with Gasteiger partial charge in [-0.2, -0.15) is 0 Å². The fourth-order valence-corrected chi connectivity index (χ4v) is 2.90. The molecule has 0 saturated carbocycles. The highest BCUT2D eigenvalue weighted by Crippen LogP contribution is 2.32. The van der Waals surface area contributed by atoms with Gasteiger partial charge in [-0.15, -0.1) is 0 Å². The molecule has 1 heterocycles. The molecule has 1 atom stereocenters. The number of benzene rings is 1. The van der Waals surface area contributed by atoms with Gasteiger partial charge in [0.15, 0.2) is 0 Å². The lowest BCUT2D eigenvalue weighted by molar-refractivity contribution is -0.173. The van der Waals surface area contributed by atoms with Crippen molar-refractivity contribution in [2.24, 2.45) is 0 Å². The van der Waals surface area contributed by atoms with Crippen molar-refractivity contribution >= 4 is 11.9 Å². The third kappa shape index (κ3) is 3.09. The van der Waals surface area contributed by atoms with Crippen molar-refractivity contribution < 1.29 is 14.3 Å². The Morgan fingerprint density at radius 1 is 1.24 bits per heavy atom. The van der Waals surface area contributed by atoms with Crippen LogP contribution in [-0.2, 0) is 20.7 Å². The molecule has 1 amide bonds. The summed E-state index contributed by atoms with van der Waals surface area (Å²) in [6, 6.07) is 6.12. The van der Waals surface area contributed by atoms with Crippen LogP contribution in [-0.4, -0.2) is 35.5 Å². The number of carbonyl (C=O) groups is 2. The summed E-state index contributed by atoms with van der Waals surface area (Å²) < 4.78 is 5.08. The van der Waals surface area contributed by atoms with Gasteiger partial charge in [0.2, 0.25) is 5.91 Å². The summed E-state index contributed by atoms with van der Waals surface area (Å²) in [6.07, 6.45) is 1.00. The van der Waals surface area contributed by atoms with Crippen molar-refractivity contribution in [3.63, 3.8) is 0 Å². The Morgan fingerprint density at radius 2 is 1.86 bits per heavy atom. The van der Waals surface area contributed by atoms with Gasteiger partial charge in [0.1, 0.15) is 5.54 Å². The minimum absolute atomic E-state index is 0.0122. The van der Waals surface area contributed by atoms with E-state index in [4.69, 9.17) is 4.74 Å². The molecule has 1 aliphatic rings. The Hall–Kier alpha value is -1.84. The second-order valence-electron chi connectivity index (χ2n) is 5.96. The van der Waals surface area contributed by atoms with Crippen molar-refractivity contribution in [3.05, 3.63) is 34.9 Å². The first-order valence-corrected chi connectivity index (χ1v) is 7.41. The fourth-order valence-electron chi connectivity index (χ4n) is 2.90. The molecule has 0 radical (unpaired) electrons. The highest BCUT2D eigenvalue weighted by atomic mass is 16.5. The van der Waals surface area contributed by atoms with Crippen molar-refractivity contribution in [1.29, 1.82) is 0 Å². The Morgan fingerprint density at radius 3 is 2.33 bits per heavy atom. The van der Waals surface area contributed by atoms with Crippen LogP contribution in [0.2, 0.25) is 0 Å². The number of aryl methyl sites for hydroxylation is 2. The van der Waals surface area contributed by atoms with Crippen LogP contribution in [0.1, 0.15) is 37.0 Å². The number of nitrogens with zero attached hydrogens (tertiary/aromatic N) is 1. The lowest BCUT2D eigenvalue weighted by atomic mass is 9.86. The van der Waals surface area contributed by atoms with E-state index < -0.39 is 5.54 Å². The number of ether oxygens (including phenoxy) is 1. The maximum atomic E-state index is 12.5. The summed E-state index contributed by atoms with van der Waals surface area (Å²) >= 11 is 0. The molecular formula is C17H23NO3. The zero-order valence-electron chi connectivity index (χ0n) is 13.2. The molecule has 114 valence electrons. The Kier molecular flexibility index (Phi) is 4.35. The molecular weight excluding hydrogens is 266 g/mol. The molecule has 1 fully saturated rings. The minimum atomic E-state index is -0.786. The standard InChI is InChI=1S/C17H23NO3/c1-5-21-16(20)17(4)6-7-18(17)15(19)11-14-9-12(2)8-13(3)10-14/h8-10H,5-7,11H2,1-4H3. The molecule has 2 rings (SSSR count). The molecule has 1 aromatic carbocycles. The second-order valence-corrected chi connectivity index (χ2v) is 5.96. The van der Waals surface area contributed by atoms with E-state index >= 15 is 0 Å². The first-order valence-electron chi connectivity index (χ1n) is 7.41. The first kappa shape index (κ1) is 15.5. The number of likely N-dealkylation sites (tertiary alicyclic amines) is 1. The van der Waals surface area contributed by atoms with E-state index in [0.29, 0.717) is 26.0 Å². The van der Waals surface area contributed by atoms with Crippen LogP contribution < -0.4 is 0 Å². The number of rotatable bonds is 4. The van der Waals surface area contributed by atoms with Gasteiger partial charge in [-0.05, 0) is 39.7 Å². The van der Waals surface area contributed by atoms with E-state index in [1.165, 1.54) is 0 Å². The Balaban J connectivity index is 2.08. The van der Waals surface area contributed by atoms with Crippen LogP contribution in [0.4, 0.5) is 0 Å². The lowest BCUT2D eigenvalue weighted by Gasteiger charge is -2.48. The van der Waals surface area contributed by atoms with E-state index in [9.17, 15) is 9.59 Å². The van der Waals surface area contributed by atoms with Crippen LogP contribution in [0.5, 0.6) is 0 Å². The number of hydrogen-bond donors (Lipinski definition) is 0. The SMILES string of the molecule is CCOC(=O)C1(C)CCN1C(=O)Cc1cc(C)cc(C)c1. The molecule has 4 nitrogen and oxygen atoms in total. The first-order chi connectivity index (χ1) is 9.86. The van der Waals surface area contributed by atoms with Crippen LogP contribution in [0, 0.1) is 13.8 Å². The predicted octanol–water partition coefficient (Wildman–Crippen LogP) is 2.40. The van der Waals surface area contributed by atoms with Crippen LogP contribution in [0.15, 0.2) is 18.2 Å². The third-order valence-corrected chi connectivity index (χ3v) is 4.07. The molecule has 1 unspecified atom stereocenters. The number of carbonyl (C=O) groups excluding carboxylic acids is 2. The van der Waals surface area contributed by atoms with E-state index in [2.05, 4.69) is 6.07 Å². The zero-order chi connectivity index (χ0) is 15.6. The molecule has 4 heteroatoms. The molecule has 1 aliphatic heterocycles. The van der Waals surface area contributed by atoms with Crippen LogP contribution in [0.3, 0.4) is 0 Å². The Bertz CT molecular complexity index is 547. The quantitative estimate of drug-likeness (QED) is 0.800. The maximum absolute atomic E-state index is 12.5. The number of esters is 1. The monoisotopic (exact) mass is 289 g/mol. The van der Waals surface area contributed by atoms with Crippen molar-refractivity contribution in [2.75, 3.05) is 13.2 Å². The highest BCUT2D eigenvalue weighted by Gasteiger charge is 2.50. The smallest absolute Gasteiger partial charge is 0.331 e. The minimum Gasteiger partial charge on any atom is -0.464 e. The largest absolute Gasteiger partial charge is 0.464 e. The van der Waals surface area contributed by atoms with E-state index in [1.807, 2.05) is 26.0 Å². The highest BCUT2D eigenvalue weighted by molar-refractivity contribution is 5.90. The maximum Gasteiger partial charge on any atom is 0.331 e. The van der Waals surface area contributed by atoms with Gasteiger partial charge in [0, 0.05) is 6.54 Å². The van der Waals surface area contributed by atoms with Gasteiger partial charge in [-0.25, -0.2) is 4.79 Å². The molecule has 0 spiro atoms. The van der Waals surface area contributed by atoms with Crippen LogP contribution in [0.25, 0.3) is 0 Å². The summed E-state index contributed by atoms with van der Waals surface area (Å²) in [5, 5.41) is 0. The third-order valence-electron chi connectivity index (χ3n) is 4.07.